The molecule has 1 unspecified atom stereocenters. The molecule has 0 spiro atoms. The molecular formula is C20H28N4O2. The van der Waals surface area contributed by atoms with E-state index in [-0.39, 0.29) is 0 Å². The molecule has 1 saturated heterocycles. The number of aromatic nitrogens is 2. The van der Waals surface area contributed by atoms with E-state index < -0.39 is 0 Å². The first-order valence-electron chi connectivity index (χ1n) is 9.26. The summed E-state index contributed by atoms with van der Waals surface area (Å²) in [6, 6.07) is 8.28. The van der Waals surface area contributed by atoms with Gasteiger partial charge in [-0.1, -0.05) is 6.92 Å². The van der Waals surface area contributed by atoms with Crippen molar-refractivity contribution < 1.29 is 9.47 Å². The number of hydrogen-bond acceptors (Lipinski definition) is 6. The van der Waals surface area contributed by atoms with E-state index in [4.69, 9.17) is 14.5 Å². The maximum Gasteiger partial charge on any atom is 0.229 e. The smallest absolute Gasteiger partial charge is 0.229 e. The summed E-state index contributed by atoms with van der Waals surface area (Å²) >= 11 is 0. The monoisotopic (exact) mass is 356 g/mol. The molecule has 6 heteroatoms. The maximum absolute atomic E-state index is 5.46. The molecule has 1 aliphatic rings. The van der Waals surface area contributed by atoms with Gasteiger partial charge in [0, 0.05) is 30.4 Å². The Hall–Kier alpha value is -2.50. The third-order valence-corrected chi connectivity index (χ3v) is 4.89. The Balaban J connectivity index is 1.88. The van der Waals surface area contributed by atoms with Gasteiger partial charge in [-0.3, -0.25) is 0 Å². The lowest BCUT2D eigenvalue weighted by atomic mass is 10.00. The molecule has 0 radical (unpaired) electrons. The van der Waals surface area contributed by atoms with Gasteiger partial charge in [0.15, 0.2) is 0 Å². The van der Waals surface area contributed by atoms with Crippen LogP contribution in [0.1, 0.15) is 38.3 Å². The number of aryl methyl sites for hydroxylation is 1. The maximum atomic E-state index is 5.46. The van der Waals surface area contributed by atoms with Crippen molar-refractivity contribution in [1.29, 1.82) is 0 Å². The topological polar surface area (TPSA) is 59.5 Å². The minimum atomic E-state index is 0.557. The predicted octanol–water partition coefficient (Wildman–Crippen LogP) is 4.31. The van der Waals surface area contributed by atoms with E-state index in [0.29, 0.717) is 17.7 Å². The van der Waals surface area contributed by atoms with Crippen molar-refractivity contribution in [3.63, 3.8) is 0 Å². The average Bonchev–Trinajstić information content (AvgIpc) is 2.67. The Morgan fingerprint density at radius 3 is 2.73 bits per heavy atom. The van der Waals surface area contributed by atoms with Gasteiger partial charge in [0.1, 0.15) is 17.3 Å². The van der Waals surface area contributed by atoms with Crippen molar-refractivity contribution in [3.8, 4) is 11.5 Å². The first kappa shape index (κ1) is 18.3. The third-order valence-electron chi connectivity index (χ3n) is 4.89. The molecule has 1 N–H and O–H groups in total. The summed E-state index contributed by atoms with van der Waals surface area (Å²) < 4.78 is 10.7. The van der Waals surface area contributed by atoms with Gasteiger partial charge in [0.25, 0.3) is 0 Å². The van der Waals surface area contributed by atoms with Crippen LogP contribution < -0.4 is 19.7 Å². The highest BCUT2D eigenvalue weighted by molar-refractivity contribution is 5.65. The van der Waals surface area contributed by atoms with Crippen molar-refractivity contribution in [2.75, 3.05) is 31.0 Å². The number of anilines is 3. The van der Waals surface area contributed by atoms with E-state index in [1.807, 2.05) is 25.1 Å². The van der Waals surface area contributed by atoms with Gasteiger partial charge in [0.2, 0.25) is 5.95 Å². The van der Waals surface area contributed by atoms with Gasteiger partial charge in [-0.25, -0.2) is 4.98 Å². The van der Waals surface area contributed by atoms with Gasteiger partial charge in [-0.2, -0.15) is 4.98 Å². The summed E-state index contributed by atoms with van der Waals surface area (Å²) in [6.07, 6.45) is 4.88. The second-order valence-electron chi connectivity index (χ2n) is 6.63. The first-order valence-corrected chi connectivity index (χ1v) is 9.26. The highest BCUT2D eigenvalue weighted by Gasteiger charge is 2.23. The van der Waals surface area contributed by atoms with Crippen molar-refractivity contribution in [2.45, 2.75) is 45.6 Å². The Morgan fingerprint density at radius 2 is 2.00 bits per heavy atom. The van der Waals surface area contributed by atoms with E-state index in [1.54, 1.807) is 14.2 Å². The number of ether oxygens (including phenoxy) is 2. The van der Waals surface area contributed by atoms with E-state index in [9.17, 15) is 0 Å². The lowest BCUT2D eigenvalue weighted by molar-refractivity contribution is 0.395. The molecule has 0 bridgehead atoms. The highest BCUT2D eigenvalue weighted by Crippen LogP contribution is 2.32. The minimum Gasteiger partial charge on any atom is -0.497 e. The molecule has 0 aliphatic carbocycles. The summed E-state index contributed by atoms with van der Waals surface area (Å²) in [5.74, 6) is 3.03. The SMILES string of the molecule is CCC1CCCCN1c1cc(C)nc(Nc2ccc(OC)cc2OC)n1. The lowest BCUT2D eigenvalue weighted by Crippen LogP contribution is -2.39. The van der Waals surface area contributed by atoms with Crippen LogP contribution in [0.15, 0.2) is 24.3 Å². The molecule has 1 fully saturated rings. The summed E-state index contributed by atoms with van der Waals surface area (Å²) in [4.78, 5) is 11.8. The van der Waals surface area contributed by atoms with Gasteiger partial charge < -0.3 is 19.7 Å². The molecule has 26 heavy (non-hydrogen) atoms. The fraction of sp³-hybridized carbons (Fsp3) is 0.500. The lowest BCUT2D eigenvalue weighted by Gasteiger charge is -2.36. The van der Waals surface area contributed by atoms with Crippen LogP contribution in [0.25, 0.3) is 0 Å². The van der Waals surface area contributed by atoms with E-state index in [2.05, 4.69) is 28.2 Å². The molecule has 6 nitrogen and oxygen atoms in total. The molecule has 1 aromatic heterocycles. The zero-order chi connectivity index (χ0) is 18.5. The van der Waals surface area contributed by atoms with Gasteiger partial charge in [-0.05, 0) is 44.7 Å². The molecule has 1 atom stereocenters. The molecule has 2 heterocycles. The van der Waals surface area contributed by atoms with Crippen molar-refractivity contribution in [3.05, 3.63) is 30.0 Å². The highest BCUT2D eigenvalue weighted by atomic mass is 16.5. The van der Waals surface area contributed by atoms with E-state index in [1.165, 1.54) is 19.3 Å². The number of benzene rings is 1. The van der Waals surface area contributed by atoms with Crippen LogP contribution in [0.3, 0.4) is 0 Å². The second kappa shape index (κ2) is 8.25. The van der Waals surface area contributed by atoms with Crippen molar-refractivity contribution >= 4 is 17.5 Å². The zero-order valence-electron chi connectivity index (χ0n) is 16.1. The predicted molar refractivity (Wildman–Crippen MR) is 105 cm³/mol. The first-order chi connectivity index (χ1) is 12.6. The summed E-state index contributed by atoms with van der Waals surface area (Å²) in [5, 5.41) is 3.30. The van der Waals surface area contributed by atoms with Crippen LogP contribution >= 0.6 is 0 Å². The quantitative estimate of drug-likeness (QED) is 0.832. The zero-order valence-corrected chi connectivity index (χ0v) is 16.1. The number of methoxy groups -OCH3 is 2. The molecular weight excluding hydrogens is 328 g/mol. The standard InChI is InChI=1S/C20H28N4O2/c1-5-15-8-6-7-11-24(15)19-12-14(2)21-20(23-19)22-17-10-9-16(25-3)13-18(17)26-4/h9-10,12-13,15H,5-8,11H2,1-4H3,(H,21,22,23). The molecule has 0 amide bonds. The number of nitrogens with one attached hydrogen (secondary N) is 1. The fourth-order valence-corrected chi connectivity index (χ4v) is 3.50. The Morgan fingerprint density at radius 1 is 1.15 bits per heavy atom. The van der Waals surface area contributed by atoms with E-state index in [0.717, 1.165) is 35.9 Å². The summed E-state index contributed by atoms with van der Waals surface area (Å²) in [7, 11) is 3.28. The van der Waals surface area contributed by atoms with Crippen LogP contribution in [0, 0.1) is 6.92 Å². The number of hydrogen-bond donors (Lipinski definition) is 1. The van der Waals surface area contributed by atoms with Gasteiger partial charge >= 0.3 is 0 Å². The summed E-state index contributed by atoms with van der Waals surface area (Å²) in [5.41, 5.74) is 1.76. The molecule has 1 aromatic carbocycles. The van der Waals surface area contributed by atoms with Gasteiger partial charge in [0.05, 0.1) is 19.9 Å². The van der Waals surface area contributed by atoms with E-state index >= 15 is 0 Å². The largest absolute Gasteiger partial charge is 0.497 e. The van der Waals surface area contributed by atoms with Crippen LogP contribution in [0.5, 0.6) is 11.5 Å². The Labute approximate surface area is 155 Å². The van der Waals surface area contributed by atoms with Crippen molar-refractivity contribution in [2.24, 2.45) is 0 Å². The van der Waals surface area contributed by atoms with Crippen LogP contribution in [-0.4, -0.2) is 36.8 Å². The van der Waals surface area contributed by atoms with Crippen molar-refractivity contribution in [1.82, 2.24) is 9.97 Å². The Bertz CT molecular complexity index is 751. The molecule has 1 aliphatic heterocycles. The average molecular weight is 356 g/mol. The number of nitrogens with zero attached hydrogens (tertiary/aromatic N) is 3. The molecule has 0 saturated carbocycles. The summed E-state index contributed by atoms with van der Waals surface area (Å²) in [6.45, 7) is 5.31. The van der Waals surface area contributed by atoms with Crippen LogP contribution in [-0.2, 0) is 0 Å². The third kappa shape index (κ3) is 4.00. The normalized spacial score (nSPS) is 17.1. The van der Waals surface area contributed by atoms with Crippen LogP contribution in [0.2, 0.25) is 0 Å². The van der Waals surface area contributed by atoms with Crippen LogP contribution in [0.4, 0.5) is 17.5 Å². The Kier molecular flexibility index (Phi) is 5.81. The second-order valence-corrected chi connectivity index (χ2v) is 6.63. The van der Waals surface area contributed by atoms with Gasteiger partial charge in [-0.15, -0.1) is 0 Å². The molecule has 140 valence electrons. The number of rotatable bonds is 6. The minimum absolute atomic E-state index is 0.557. The fourth-order valence-electron chi connectivity index (χ4n) is 3.50. The molecule has 2 aromatic rings. The molecule has 3 rings (SSSR count). The number of piperidine rings is 1.